The van der Waals surface area contributed by atoms with Crippen molar-refractivity contribution in [2.24, 2.45) is 5.92 Å². The maximum absolute atomic E-state index is 5.92. The van der Waals surface area contributed by atoms with Crippen LogP contribution in [0.1, 0.15) is 201 Å². The standard InChI is InChI=1S/C38H80N2OS/c1-4-6-8-10-11-12-13-14-15-16-17-18-19-20-23-27-33-40(35-30-32-39-42)34-28-24-21-22-26-31-38(3)37-41-36-29-25-9-7-5-2/h38-39,42H,4-37H2,1-3H3. The molecular weight excluding hydrogens is 532 g/mol. The Balaban J connectivity index is 3.62. The minimum atomic E-state index is 0.719. The lowest BCUT2D eigenvalue weighted by atomic mass is 10.0. The summed E-state index contributed by atoms with van der Waals surface area (Å²) < 4.78 is 8.95. The molecule has 1 N–H and O–H groups in total. The molecule has 0 amide bonds. The molecule has 0 spiro atoms. The first-order valence-electron chi connectivity index (χ1n) is 19.4. The van der Waals surface area contributed by atoms with Gasteiger partial charge in [-0.3, -0.25) is 4.72 Å². The molecule has 0 saturated carbocycles. The van der Waals surface area contributed by atoms with E-state index in [9.17, 15) is 0 Å². The van der Waals surface area contributed by atoms with E-state index in [1.165, 1.54) is 199 Å². The Hall–Kier alpha value is 0.230. The van der Waals surface area contributed by atoms with Crippen molar-refractivity contribution in [2.45, 2.75) is 201 Å². The molecule has 0 saturated heterocycles. The van der Waals surface area contributed by atoms with Gasteiger partial charge in [-0.2, -0.15) is 0 Å². The molecule has 0 fully saturated rings. The molecule has 1 atom stereocenters. The molecule has 0 rings (SSSR count). The molecule has 42 heavy (non-hydrogen) atoms. The van der Waals surface area contributed by atoms with Crippen LogP contribution in [0.15, 0.2) is 0 Å². The number of nitrogens with zero attached hydrogens (tertiary/aromatic N) is 1. The second-order valence-corrected chi connectivity index (χ2v) is 13.9. The maximum Gasteiger partial charge on any atom is 0.0491 e. The molecule has 0 aliphatic rings. The van der Waals surface area contributed by atoms with Crippen molar-refractivity contribution in [2.75, 3.05) is 39.4 Å². The largest absolute Gasteiger partial charge is 0.381 e. The fraction of sp³-hybridized carbons (Fsp3) is 1.00. The van der Waals surface area contributed by atoms with Crippen LogP contribution in [0.2, 0.25) is 0 Å². The predicted octanol–water partition coefficient (Wildman–Crippen LogP) is 12.3. The quantitative estimate of drug-likeness (QED) is 0.0539. The number of thiol groups is 1. The van der Waals surface area contributed by atoms with Crippen molar-refractivity contribution < 1.29 is 4.74 Å². The summed E-state index contributed by atoms with van der Waals surface area (Å²) in [6.45, 7) is 13.7. The van der Waals surface area contributed by atoms with Crippen molar-refractivity contribution >= 4 is 12.8 Å². The van der Waals surface area contributed by atoms with E-state index < -0.39 is 0 Å². The van der Waals surface area contributed by atoms with Crippen molar-refractivity contribution in [3.8, 4) is 0 Å². The summed E-state index contributed by atoms with van der Waals surface area (Å²) in [6, 6.07) is 0. The van der Waals surface area contributed by atoms with Gasteiger partial charge in [-0.25, -0.2) is 0 Å². The summed E-state index contributed by atoms with van der Waals surface area (Å²) in [5.41, 5.74) is 0. The van der Waals surface area contributed by atoms with Crippen LogP contribution in [-0.2, 0) is 4.74 Å². The van der Waals surface area contributed by atoms with E-state index in [0.29, 0.717) is 0 Å². The van der Waals surface area contributed by atoms with E-state index in [4.69, 9.17) is 4.74 Å². The topological polar surface area (TPSA) is 24.5 Å². The third kappa shape index (κ3) is 34.7. The summed E-state index contributed by atoms with van der Waals surface area (Å²) in [6.07, 6.45) is 39.3. The van der Waals surface area contributed by atoms with Gasteiger partial charge in [-0.05, 0) is 57.7 Å². The second kappa shape index (κ2) is 37.4. The molecule has 0 aromatic heterocycles. The molecule has 0 aliphatic heterocycles. The lowest BCUT2D eigenvalue weighted by Gasteiger charge is -2.22. The zero-order valence-corrected chi connectivity index (χ0v) is 30.3. The second-order valence-electron chi connectivity index (χ2n) is 13.6. The number of hydrogen-bond acceptors (Lipinski definition) is 4. The highest BCUT2D eigenvalue weighted by atomic mass is 32.1. The summed E-state index contributed by atoms with van der Waals surface area (Å²) in [5, 5.41) is 0. The normalized spacial score (nSPS) is 12.5. The van der Waals surface area contributed by atoms with Gasteiger partial charge in [0.05, 0.1) is 0 Å². The molecule has 254 valence electrons. The fourth-order valence-electron chi connectivity index (χ4n) is 6.13. The van der Waals surface area contributed by atoms with E-state index in [1.54, 1.807) is 0 Å². The Morgan fingerprint density at radius 1 is 0.500 bits per heavy atom. The Labute approximate surface area is 272 Å². The number of unbranched alkanes of at least 4 members (excludes halogenated alkanes) is 23. The van der Waals surface area contributed by atoms with Crippen LogP contribution in [0.25, 0.3) is 0 Å². The summed E-state index contributed by atoms with van der Waals surface area (Å²) in [5.74, 6) is 0.719. The third-order valence-electron chi connectivity index (χ3n) is 9.06. The molecule has 0 aromatic rings. The molecule has 0 aliphatic carbocycles. The summed E-state index contributed by atoms with van der Waals surface area (Å²) >= 11 is 4.19. The smallest absolute Gasteiger partial charge is 0.0491 e. The number of ether oxygens (including phenoxy) is 1. The molecule has 4 heteroatoms. The highest BCUT2D eigenvalue weighted by Gasteiger charge is 2.06. The van der Waals surface area contributed by atoms with E-state index in [2.05, 4.69) is 43.2 Å². The average molecular weight is 613 g/mol. The Kier molecular flexibility index (Phi) is 37.6. The van der Waals surface area contributed by atoms with Gasteiger partial charge in [0.1, 0.15) is 0 Å². The van der Waals surface area contributed by atoms with E-state index in [1.807, 2.05) is 0 Å². The van der Waals surface area contributed by atoms with Gasteiger partial charge < -0.3 is 9.64 Å². The number of rotatable bonds is 37. The molecule has 1 unspecified atom stereocenters. The van der Waals surface area contributed by atoms with Crippen molar-refractivity contribution in [3.63, 3.8) is 0 Å². The Morgan fingerprint density at radius 3 is 1.33 bits per heavy atom. The van der Waals surface area contributed by atoms with Crippen LogP contribution in [0.5, 0.6) is 0 Å². The Bertz CT molecular complexity index is 478. The van der Waals surface area contributed by atoms with Crippen LogP contribution < -0.4 is 4.72 Å². The lowest BCUT2D eigenvalue weighted by Crippen LogP contribution is -2.28. The zero-order valence-electron chi connectivity index (χ0n) is 29.4. The first-order chi connectivity index (χ1) is 20.7. The van der Waals surface area contributed by atoms with Crippen LogP contribution in [0.4, 0.5) is 0 Å². The predicted molar refractivity (Wildman–Crippen MR) is 194 cm³/mol. The summed E-state index contributed by atoms with van der Waals surface area (Å²) in [7, 11) is 0. The van der Waals surface area contributed by atoms with E-state index >= 15 is 0 Å². The minimum absolute atomic E-state index is 0.719. The molecular formula is C38H80N2OS. The molecule has 0 aromatic carbocycles. The Morgan fingerprint density at radius 2 is 0.881 bits per heavy atom. The third-order valence-corrected chi connectivity index (χ3v) is 9.28. The fourth-order valence-corrected chi connectivity index (χ4v) is 6.29. The molecule has 0 radical (unpaired) electrons. The van der Waals surface area contributed by atoms with Gasteiger partial charge in [0.2, 0.25) is 0 Å². The number of nitrogens with one attached hydrogen (secondary N) is 1. The van der Waals surface area contributed by atoms with Crippen LogP contribution in [0.3, 0.4) is 0 Å². The minimum Gasteiger partial charge on any atom is -0.381 e. The maximum atomic E-state index is 5.92. The van der Waals surface area contributed by atoms with E-state index in [0.717, 1.165) is 25.7 Å². The first kappa shape index (κ1) is 42.2. The first-order valence-corrected chi connectivity index (χ1v) is 19.9. The van der Waals surface area contributed by atoms with Gasteiger partial charge in [0.25, 0.3) is 0 Å². The van der Waals surface area contributed by atoms with Crippen LogP contribution >= 0.6 is 12.8 Å². The highest BCUT2D eigenvalue weighted by molar-refractivity contribution is 7.78. The highest BCUT2D eigenvalue weighted by Crippen LogP contribution is 2.15. The van der Waals surface area contributed by atoms with Gasteiger partial charge in [-0.1, -0.05) is 181 Å². The van der Waals surface area contributed by atoms with Crippen molar-refractivity contribution in [3.05, 3.63) is 0 Å². The SMILES string of the molecule is CCCCCCCCCCCCCCCCCCN(CCCCCCCC(C)COCCCCCCC)CCCNS. The number of hydrogen-bond donors (Lipinski definition) is 2. The monoisotopic (exact) mass is 613 g/mol. The van der Waals surface area contributed by atoms with E-state index in [-0.39, 0.29) is 0 Å². The van der Waals surface area contributed by atoms with Gasteiger partial charge in [-0.15, -0.1) is 0 Å². The zero-order chi connectivity index (χ0) is 30.6. The van der Waals surface area contributed by atoms with Crippen molar-refractivity contribution in [1.82, 2.24) is 9.62 Å². The molecule has 0 heterocycles. The van der Waals surface area contributed by atoms with Gasteiger partial charge in [0, 0.05) is 19.8 Å². The van der Waals surface area contributed by atoms with Crippen LogP contribution in [-0.4, -0.2) is 44.3 Å². The van der Waals surface area contributed by atoms with Crippen LogP contribution in [0, 0.1) is 5.92 Å². The van der Waals surface area contributed by atoms with Crippen molar-refractivity contribution in [1.29, 1.82) is 0 Å². The average Bonchev–Trinajstić information content (AvgIpc) is 2.99. The van der Waals surface area contributed by atoms with Gasteiger partial charge >= 0.3 is 0 Å². The lowest BCUT2D eigenvalue weighted by molar-refractivity contribution is 0.0976. The van der Waals surface area contributed by atoms with Gasteiger partial charge in [0.15, 0.2) is 0 Å². The molecule has 0 bridgehead atoms. The summed E-state index contributed by atoms with van der Waals surface area (Å²) in [4.78, 5) is 2.73. The molecule has 3 nitrogen and oxygen atoms in total.